The molecule has 2 aromatic rings. The van der Waals surface area contributed by atoms with E-state index in [2.05, 4.69) is 15.6 Å². The van der Waals surface area contributed by atoms with Gasteiger partial charge in [-0.15, -0.1) is 0 Å². The molecule has 38 heavy (non-hydrogen) atoms. The number of aromatic hydroxyl groups is 1. The molecule has 0 saturated heterocycles. The first-order valence-electron chi connectivity index (χ1n) is 11.0. The Hall–Kier alpha value is -4.04. The van der Waals surface area contributed by atoms with Gasteiger partial charge in [-0.3, -0.25) is 10.2 Å². The van der Waals surface area contributed by atoms with Crippen LogP contribution in [0, 0.1) is 12.7 Å². The molecular weight excluding hydrogens is 530 g/mol. The van der Waals surface area contributed by atoms with Crippen molar-refractivity contribution in [2.24, 2.45) is 10.2 Å². The van der Waals surface area contributed by atoms with E-state index in [-0.39, 0.29) is 34.0 Å². The summed E-state index contributed by atoms with van der Waals surface area (Å²) >= 11 is 0. The van der Waals surface area contributed by atoms with Gasteiger partial charge < -0.3 is 5.11 Å². The lowest BCUT2D eigenvalue weighted by molar-refractivity contribution is -0.112. The van der Waals surface area contributed by atoms with Gasteiger partial charge in [-0.05, 0) is 49.3 Å². The summed E-state index contributed by atoms with van der Waals surface area (Å²) < 4.78 is 79.7. The average molecular weight is 552 g/mol. The Morgan fingerprint density at radius 1 is 1.16 bits per heavy atom. The number of sulfonamides is 1. The summed E-state index contributed by atoms with van der Waals surface area (Å²) in [5, 5.41) is 19.1. The fraction of sp³-hybridized carbons (Fsp3) is 0.208. The van der Waals surface area contributed by atoms with Crippen molar-refractivity contribution in [3.05, 3.63) is 77.6 Å². The topological polar surface area (TPSA) is 123 Å². The first-order chi connectivity index (χ1) is 17.7. The first-order valence-corrected chi connectivity index (χ1v) is 12.5. The summed E-state index contributed by atoms with van der Waals surface area (Å²) in [5.41, 5.74) is -4.78. The molecular formula is C24H21F4N5O4S. The van der Waals surface area contributed by atoms with Crippen molar-refractivity contribution < 1.29 is 35.9 Å². The minimum absolute atomic E-state index is 0.0496. The Kier molecular flexibility index (Phi) is 6.88. The Balaban J connectivity index is 1.69. The van der Waals surface area contributed by atoms with E-state index in [1.165, 1.54) is 50.3 Å². The van der Waals surface area contributed by atoms with E-state index >= 15 is 0 Å². The van der Waals surface area contributed by atoms with Gasteiger partial charge in [-0.2, -0.15) is 33.1 Å². The van der Waals surface area contributed by atoms with Crippen molar-refractivity contribution in [3.63, 3.8) is 0 Å². The second-order valence-corrected chi connectivity index (χ2v) is 10.2. The lowest BCUT2D eigenvalue weighted by Crippen LogP contribution is -2.59. The molecule has 1 aliphatic heterocycles. The summed E-state index contributed by atoms with van der Waals surface area (Å²) in [7, 11) is -5.90. The van der Waals surface area contributed by atoms with Gasteiger partial charge in [0.25, 0.3) is 0 Å². The molecule has 14 heteroatoms. The zero-order chi connectivity index (χ0) is 27.9. The molecule has 2 aliphatic rings. The number of benzene rings is 2. The van der Waals surface area contributed by atoms with Crippen molar-refractivity contribution in [3.8, 4) is 5.75 Å². The van der Waals surface area contributed by atoms with Gasteiger partial charge >= 0.3 is 21.4 Å². The van der Waals surface area contributed by atoms with Crippen LogP contribution in [0.5, 0.6) is 5.75 Å². The summed E-state index contributed by atoms with van der Waals surface area (Å²) in [5.74, 6) is -1.57. The Morgan fingerprint density at radius 3 is 2.53 bits per heavy atom. The zero-order valence-electron chi connectivity index (χ0n) is 19.9. The van der Waals surface area contributed by atoms with Crippen molar-refractivity contribution in [1.29, 1.82) is 0 Å². The van der Waals surface area contributed by atoms with E-state index < -0.39 is 39.3 Å². The number of hydrogen-bond donors (Lipinski definition) is 3. The van der Waals surface area contributed by atoms with Crippen molar-refractivity contribution in [2.75, 3.05) is 5.01 Å². The number of aryl methyl sites for hydroxylation is 1. The van der Waals surface area contributed by atoms with Crippen molar-refractivity contribution in [1.82, 2.24) is 10.1 Å². The number of phenolic OH excluding ortho intramolecular Hbond substituents is 1. The maximum absolute atomic E-state index is 14.0. The van der Waals surface area contributed by atoms with Crippen LogP contribution in [-0.2, 0) is 14.8 Å². The molecule has 0 fully saturated rings. The number of alkyl halides is 3. The van der Waals surface area contributed by atoms with Gasteiger partial charge in [-0.1, -0.05) is 36.4 Å². The van der Waals surface area contributed by atoms with E-state index in [1.54, 1.807) is 16.9 Å². The van der Waals surface area contributed by atoms with Crippen LogP contribution in [0.25, 0.3) is 5.57 Å². The van der Waals surface area contributed by atoms with Crippen LogP contribution in [0.3, 0.4) is 0 Å². The molecule has 1 heterocycles. The number of anilines is 1. The summed E-state index contributed by atoms with van der Waals surface area (Å²) in [6.45, 7) is 2.94. The number of carbonyl (C=O) groups excluding carboxylic acids is 1. The van der Waals surface area contributed by atoms with Crippen molar-refractivity contribution in [2.45, 2.75) is 31.4 Å². The molecule has 2 aromatic carbocycles. The summed E-state index contributed by atoms with van der Waals surface area (Å²) in [6.07, 6.45) is 3.45. The second-order valence-electron chi connectivity index (χ2n) is 8.58. The Bertz CT molecular complexity index is 1530. The molecule has 1 atom stereocenters. The number of nitrogens with one attached hydrogen (secondary N) is 2. The highest BCUT2D eigenvalue weighted by Crippen LogP contribution is 2.35. The fourth-order valence-corrected chi connectivity index (χ4v) is 4.60. The summed E-state index contributed by atoms with van der Waals surface area (Å²) in [4.78, 5) is 13.0. The second kappa shape index (κ2) is 9.68. The van der Waals surface area contributed by atoms with E-state index in [0.29, 0.717) is 5.56 Å². The maximum atomic E-state index is 14.0. The molecule has 3 N–H and O–H groups in total. The number of nitrogens with zero attached hydrogens (tertiary/aromatic N) is 3. The fourth-order valence-electron chi connectivity index (χ4n) is 3.82. The number of halogens is 4. The Labute approximate surface area is 214 Å². The van der Waals surface area contributed by atoms with Crippen LogP contribution in [-0.4, -0.2) is 42.0 Å². The average Bonchev–Trinajstić information content (AvgIpc) is 3.12. The number of para-hydroxylation sites is 1. The number of amides is 1. The lowest BCUT2D eigenvalue weighted by Gasteiger charge is -2.34. The third kappa shape index (κ3) is 5.17. The smallest absolute Gasteiger partial charge is 0.507 e. The molecule has 9 nitrogen and oxygen atoms in total. The van der Waals surface area contributed by atoms with Crippen LogP contribution >= 0.6 is 0 Å². The number of hydrazone groups is 2. The van der Waals surface area contributed by atoms with Gasteiger partial charge in [0.2, 0.25) is 0 Å². The molecule has 0 spiro atoms. The predicted octanol–water partition coefficient (Wildman–Crippen LogP) is 3.69. The number of phenols is 1. The first kappa shape index (κ1) is 27.0. The molecule has 0 radical (unpaired) electrons. The van der Waals surface area contributed by atoms with Gasteiger partial charge in [-0.25, -0.2) is 12.8 Å². The number of carbonyl (C=O) groups is 1. The molecule has 1 aliphatic carbocycles. The van der Waals surface area contributed by atoms with Gasteiger partial charge in [0, 0.05) is 12.0 Å². The molecule has 0 bridgehead atoms. The molecule has 0 saturated carbocycles. The highest BCUT2D eigenvalue weighted by molar-refractivity contribution is 7.90. The molecule has 1 amide bonds. The molecule has 200 valence electrons. The van der Waals surface area contributed by atoms with Gasteiger partial charge in [0.05, 0.1) is 11.4 Å². The van der Waals surface area contributed by atoms with E-state index in [9.17, 15) is 35.9 Å². The van der Waals surface area contributed by atoms with Crippen LogP contribution in [0.2, 0.25) is 0 Å². The molecule has 1 unspecified atom stereocenters. The van der Waals surface area contributed by atoms with Gasteiger partial charge in [0.1, 0.15) is 17.2 Å². The number of rotatable bonds is 6. The van der Waals surface area contributed by atoms with Crippen LogP contribution < -0.4 is 15.2 Å². The highest BCUT2D eigenvalue weighted by Gasteiger charge is 2.50. The Morgan fingerprint density at radius 2 is 1.87 bits per heavy atom. The van der Waals surface area contributed by atoms with Crippen LogP contribution in [0.4, 0.5) is 23.2 Å². The maximum Gasteiger partial charge on any atom is 0.511 e. The van der Waals surface area contributed by atoms with E-state index in [4.69, 9.17) is 0 Å². The third-order valence-electron chi connectivity index (χ3n) is 5.77. The largest absolute Gasteiger partial charge is 0.511 e. The van der Waals surface area contributed by atoms with E-state index in [1.807, 2.05) is 0 Å². The SMILES string of the molecule is CC1=NN(c2ccc(C)c(F)c2)C(=O)C1=NNC1(NS(=O)(=O)C(F)(F)F)C=CC=C(c2ccccc2O)C1. The monoisotopic (exact) mass is 551 g/mol. The molecule has 4 rings (SSSR count). The minimum atomic E-state index is -5.90. The molecule has 0 aromatic heterocycles. The van der Waals surface area contributed by atoms with Crippen LogP contribution in [0.15, 0.2) is 70.9 Å². The zero-order valence-corrected chi connectivity index (χ0v) is 20.7. The standard InChI is InChI=1S/C24H21F4N5O4S/c1-14-9-10-17(12-19(14)25)33-22(35)21(15(2)30-33)29-31-23(32-38(36,37)24(26,27)28)11-5-6-16(13-23)18-7-3-4-8-20(18)34/h3-12,31-32,34H,13H2,1-2H3. The van der Waals surface area contributed by atoms with E-state index in [0.717, 1.165) is 17.2 Å². The lowest BCUT2D eigenvalue weighted by atomic mass is 9.90. The highest BCUT2D eigenvalue weighted by atomic mass is 32.2. The normalized spacial score (nSPS) is 21.1. The predicted molar refractivity (Wildman–Crippen MR) is 133 cm³/mol. The minimum Gasteiger partial charge on any atom is -0.507 e. The third-order valence-corrected chi connectivity index (χ3v) is 7.02. The summed E-state index contributed by atoms with van der Waals surface area (Å²) in [6, 6.07) is 9.98. The van der Waals surface area contributed by atoms with Gasteiger partial charge in [0.15, 0.2) is 5.71 Å². The van der Waals surface area contributed by atoms with Crippen molar-refractivity contribution >= 4 is 38.6 Å². The quantitative estimate of drug-likeness (QED) is 0.287. The number of hydrogen-bond acceptors (Lipinski definition) is 7. The number of allylic oxidation sites excluding steroid dienone is 2. The van der Waals surface area contributed by atoms with Crippen LogP contribution in [0.1, 0.15) is 24.5 Å².